The molecule has 2 aromatic heterocycles. The summed E-state index contributed by atoms with van der Waals surface area (Å²) in [7, 11) is 0. The molecular formula is C34H29N3. The summed E-state index contributed by atoms with van der Waals surface area (Å²) < 4.78 is 0. The van der Waals surface area contributed by atoms with E-state index in [4.69, 9.17) is 4.98 Å². The fourth-order valence-corrected chi connectivity index (χ4v) is 5.59. The highest BCUT2D eigenvalue weighted by Crippen LogP contribution is 2.51. The number of hydrogen-bond acceptors (Lipinski definition) is 3. The van der Waals surface area contributed by atoms with E-state index in [1.807, 2.05) is 36.7 Å². The number of anilines is 3. The van der Waals surface area contributed by atoms with Crippen molar-refractivity contribution in [3.8, 4) is 11.1 Å². The third-order valence-corrected chi connectivity index (χ3v) is 7.50. The van der Waals surface area contributed by atoms with Gasteiger partial charge < -0.3 is 0 Å². The molecule has 1 aliphatic heterocycles. The summed E-state index contributed by atoms with van der Waals surface area (Å²) in [6.07, 6.45) is 9.72. The molecule has 0 N–H and O–H groups in total. The fourth-order valence-electron chi connectivity index (χ4n) is 5.59. The number of allylic oxidation sites excluding steroid dienone is 2. The molecule has 0 aliphatic carbocycles. The lowest BCUT2D eigenvalue weighted by Gasteiger charge is -2.41. The molecule has 1 aliphatic rings. The Kier molecular flexibility index (Phi) is 5.49. The molecule has 3 aromatic carbocycles. The summed E-state index contributed by atoms with van der Waals surface area (Å²) in [5.74, 6) is 0.987. The molecular weight excluding hydrogens is 450 g/mol. The number of aryl methyl sites for hydroxylation is 1. The molecule has 5 aromatic rings. The molecule has 0 unspecified atom stereocenters. The number of fused-ring (bicyclic) bond motifs is 3. The Hall–Kier alpha value is -4.50. The van der Waals surface area contributed by atoms with E-state index in [1.54, 1.807) is 0 Å². The van der Waals surface area contributed by atoms with Crippen molar-refractivity contribution in [1.29, 1.82) is 0 Å². The Morgan fingerprint density at radius 1 is 0.838 bits per heavy atom. The van der Waals surface area contributed by atoms with E-state index in [2.05, 4.69) is 110 Å². The van der Waals surface area contributed by atoms with Crippen molar-refractivity contribution in [1.82, 2.24) is 9.97 Å². The highest BCUT2D eigenvalue weighted by Gasteiger charge is 2.38. The van der Waals surface area contributed by atoms with E-state index < -0.39 is 0 Å². The molecule has 3 heteroatoms. The quantitative estimate of drug-likeness (QED) is 0.241. The monoisotopic (exact) mass is 479 g/mol. The minimum absolute atomic E-state index is 0.217. The van der Waals surface area contributed by atoms with Crippen LogP contribution in [0.25, 0.3) is 28.1 Å². The molecule has 3 nitrogen and oxygen atoms in total. The Morgan fingerprint density at radius 3 is 2.43 bits per heavy atom. The van der Waals surface area contributed by atoms with E-state index in [1.165, 1.54) is 33.4 Å². The van der Waals surface area contributed by atoms with Crippen LogP contribution in [-0.4, -0.2) is 9.97 Å². The second-order valence-corrected chi connectivity index (χ2v) is 10.0. The fraction of sp³-hybridized carbons (Fsp3) is 0.118. The van der Waals surface area contributed by atoms with Crippen molar-refractivity contribution in [3.05, 3.63) is 132 Å². The minimum atomic E-state index is -0.217. The van der Waals surface area contributed by atoms with E-state index in [-0.39, 0.29) is 5.41 Å². The van der Waals surface area contributed by atoms with Crippen LogP contribution in [0.3, 0.4) is 0 Å². The first kappa shape index (κ1) is 22.9. The van der Waals surface area contributed by atoms with Gasteiger partial charge in [0.2, 0.25) is 0 Å². The van der Waals surface area contributed by atoms with Crippen molar-refractivity contribution in [2.75, 3.05) is 4.90 Å². The van der Waals surface area contributed by atoms with Crippen LogP contribution in [0.4, 0.5) is 17.2 Å². The van der Waals surface area contributed by atoms with Crippen LogP contribution in [0.2, 0.25) is 0 Å². The number of hydrogen-bond donors (Lipinski definition) is 0. The third-order valence-electron chi connectivity index (χ3n) is 7.50. The first-order valence-corrected chi connectivity index (χ1v) is 12.6. The molecule has 6 rings (SSSR count). The molecule has 37 heavy (non-hydrogen) atoms. The smallest absolute Gasteiger partial charge is 0.141 e. The van der Waals surface area contributed by atoms with E-state index in [0.717, 1.165) is 28.1 Å². The SMILES string of the molecule is C=C/C=C\c1c(-c2ccc3c(c2)C(C)(C)c2cccnc2N3c2ccccc2)cc2cccnc2c1C. The van der Waals surface area contributed by atoms with Gasteiger partial charge in [-0.05, 0) is 77.2 Å². The van der Waals surface area contributed by atoms with Crippen molar-refractivity contribution in [2.24, 2.45) is 0 Å². The zero-order chi connectivity index (χ0) is 25.6. The maximum atomic E-state index is 4.85. The van der Waals surface area contributed by atoms with Gasteiger partial charge in [-0.25, -0.2) is 4.98 Å². The zero-order valence-electron chi connectivity index (χ0n) is 21.4. The number of aromatic nitrogens is 2. The number of pyridine rings is 2. The van der Waals surface area contributed by atoms with Crippen molar-refractivity contribution < 1.29 is 0 Å². The molecule has 0 bridgehead atoms. The van der Waals surface area contributed by atoms with Crippen LogP contribution in [-0.2, 0) is 5.41 Å². The highest BCUT2D eigenvalue weighted by molar-refractivity contribution is 5.94. The first-order chi connectivity index (χ1) is 18.0. The number of rotatable bonds is 4. The number of nitrogens with zero attached hydrogens (tertiary/aromatic N) is 3. The average molecular weight is 480 g/mol. The van der Waals surface area contributed by atoms with Gasteiger partial charge in [-0.15, -0.1) is 0 Å². The van der Waals surface area contributed by atoms with Crippen molar-refractivity contribution in [2.45, 2.75) is 26.2 Å². The average Bonchev–Trinajstić information content (AvgIpc) is 2.93. The molecule has 0 saturated carbocycles. The van der Waals surface area contributed by atoms with Gasteiger partial charge in [0.15, 0.2) is 0 Å². The normalized spacial score (nSPS) is 14.0. The van der Waals surface area contributed by atoms with E-state index in [0.29, 0.717) is 0 Å². The van der Waals surface area contributed by atoms with Crippen molar-refractivity contribution >= 4 is 34.2 Å². The van der Waals surface area contributed by atoms with Gasteiger partial charge in [0, 0.05) is 34.4 Å². The van der Waals surface area contributed by atoms with Crippen LogP contribution in [0.15, 0.2) is 110 Å². The second-order valence-electron chi connectivity index (χ2n) is 10.0. The Labute approximate surface area is 218 Å². The predicted molar refractivity (Wildman–Crippen MR) is 156 cm³/mol. The molecule has 180 valence electrons. The van der Waals surface area contributed by atoms with Gasteiger partial charge in [-0.1, -0.05) is 75.1 Å². The standard InChI is InChI=1S/C34H29N3/c1-5-6-15-27-23(2)32-25(12-10-19-35-32)21-28(27)24-17-18-31-30(22-24)34(3,4)29-16-11-20-36-33(29)37(31)26-13-8-7-9-14-26/h5-22H,1H2,2-4H3/b15-6-. The Morgan fingerprint density at radius 2 is 1.62 bits per heavy atom. The number of benzene rings is 3. The molecule has 0 radical (unpaired) electrons. The summed E-state index contributed by atoms with van der Waals surface area (Å²) in [5, 5.41) is 1.14. The van der Waals surface area contributed by atoms with Gasteiger partial charge >= 0.3 is 0 Å². The summed E-state index contributed by atoms with van der Waals surface area (Å²) in [5.41, 5.74) is 10.3. The lowest BCUT2D eigenvalue weighted by atomic mass is 9.73. The van der Waals surface area contributed by atoms with E-state index >= 15 is 0 Å². The van der Waals surface area contributed by atoms with Crippen molar-refractivity contribution in [3.63, 3.8) is 0 Å². The lowest BCUT2D eigenvalue weighted by molar-refractivity contribution is 0.627. The summed E-state index contributed by atoms with van der Waals surface area (Å²) in [4.78, 5) is 11.8. The zero-order valence-corrected chi connectivity index (χ0v) is 21.4. The molecule has 0 saturated heterocycles. The topological polar surface area (TPSA) is 29.0 Å². The van der Waals surface area contributed by atoms with Crippen LogP contribution >= 0.6 is 0 Å². The van der Waals surface area contributed by atoms with Gasteiger partial charge in [0.25, 0.3) is 0 Å². The molecule has 0 fully saturated rings. The van der Waals surface area contributed by atoms with Crippen LogP contribution < -0.4 is 4.90 Å². The lowest BCUT2D eigenvalue weighted by Crippen LogP contribution is -2.31. The van der Waals surface area contributed by atoms with Gasteiger partial charge in [-0.3, -0.25) is 9.88 Å². The second kappa shape index (κ2) is 8.86. The summed E-state index contributed by atoms with van der Waals surface area (Å²) in [6, 6.07) is 28.0. The summed E-state index contributed by atoms with van der Waals surface area (Å²) >= 11 is 0. The predicted octanol–water partition coefficient (Wildman–Crippen LogP) is 8.91. The van der Waals surface area contributed by atoms with Gasteiger partial charge in [-0.2, -0.15) is 0 Å². The maximum absolute atomic E-state index is 4.85. The third kappa shape index (κ3) is 3.66. The van der Waals surface area contributed by atoms with Gasteiger partial charge in [0.1, 0.15) is 5.82 Å². The first-order valence-electron chi connectivity index (χ1n) is 12.6. The Bertz CT molecular complexity index is 1680. The molecule has 0 atom stereocenters. The van der Waals surface area contributed by atoms with Crippen LogP contribution in [0.5, 0.6) is 0 Å². The molecule has 0 spiro atoms. The van der Waals surface area contributed by atoms with Crippen LogP contribution in [0, 0.1) is 6.92 Å². The molecule has 0 amide bonds. The highest BCUT2D eigenvalue weighted by atomic mass is 15.2. The van der Waals surface area contributed by atoms with Crippen LogP contribution in [0.1, 0.15) is 36.1 Å². The minimum Gasteiger partial charge on any atom is -0.294 e. The number of para-hydroxylation sites is 1. The van der Waals surface area contributed by atoms with Gasteiger partial charge in [0.05, 0.1) is 11.2 Å². The van der Waals surface area contributed by atoms with E-state index in [9.17, 15) is 0 Å². The Balaban J connectivity index is 1.62. The summed E-state index contributed by atoms with van der Waals surface area (Å²) in [6.45, 7) is 10.6. The maximum Gasteiger partial charge on any atom is 0.141 e. The molecule has 3 heterocycles. The largest absolute Gasteiger partial charge is 0.294 e.